The van der Waals surface area contributed by atoms with Crippen molar-refractivity contribution in [3.63, 3.8) is 0 Å². The molecule has 3 saturated heterocycles. The highest BCUT2D eigenvalue weighted by Gasteiger charge is 2.36. The molecule has 0 aromatic carbocycles. The summed E-state index contributed by atoms with van der Waals surface area (Å²) in [6, 6.07) is 4.32. The number of piperidine rings is 2. The predicted octanol–water partition coefficient (Wildman–Crippen LogP) is 2.01. The van der Waals surface area contributed by atoms with E-state index in [1.54, 1.807) is 11.2 Å². The number of hydrogen-bond acceptors (Lipinski definition) is 4. The Morgan fingerprint density at radius 2 is 2.12 bits per heavy atom. The number of furan rings is 1. The van der Waals surface area contributed by atoms with Crippen molar-refractivity contribution in [2.24, 2.45) is 11.8 Å². The quantitative estimate of drug-likeness (QED) is 0.873. The Labute approximate surface area is 154 Å². The molecule has 4 heterocycles. The van der Waals surface area contributed by atoms with Crippen molar-refractivity contribution in [3.8, 4) is 0 Å². The van der Waals surface area contributed by atoms with Gasteiger partial charge in [-0.15, -0.1) is 0 Å². The molecule has 3 atom stereocenters. The second kappa shape index (κ2) is 7.82. The van der Waals surface area contributed by atoms with Gasteiger partial charge in [-0.3, -0.25) is 9.59 Å². The lowest BCUT2D eigenvalue weighted by Crippen LogP contribution is -2.51. The van der Waals surface area contributed by atoms with E-state index in [0.717, 1.165) is 12.3 Å². The molecule has 0 spiro atoms. The van der Waals surface area contributed by atoms with Crippen LogP contribution in [0.2, 0.25) is 0 Å². The highest BCUT2D eigenvalue weighted by Crippen LogP contribution is 2.30. The van der Waals surface area contributed by atoms with Gasteiger partial charge in [-0.1, -0.05) is 6.42 Å². The molecule has 26 heavy (non-hydrogen) atoms. The Kier molecular flexibility index (Phi) is 5.29. The minimum atomic E-state index is -0.233. The number of carbonyl (C=O) groups is 2. The molecule has 6 heteroatoms. The summed E-state index contributed by atoms with van der Waals surface area (Å²) < 4.78 is 5.32. The summed E-state index contributed by atoms with van der Waals surface area (Å²) in [7, 11) is 0. The van der Waals surface area contributed by atoms with Gasteiger partial charge in [-0.2, -0.15) is 0 Å². The Balaban J connectivity index is 1.27. The van der Waals surface area contributed by atoms with Crippen LogP contribution in [-0.2, 0) is 16.1 Å². The van der Waals surface area contributed by atoms with Crippen LogP contribution in [0.3, 0.4) is 0 Å². The lowest BCUT2D eigenvalue weighted by atomic mass is 9.83. The van der Waals surface area contributed by atoms with E-state index in [1.807, 2.05) is 12.1 Å². The summed E-state index contributed by atoms with van der Waals surface area (Å²) in [6.07, 6.45) is 8.24. The number of likely N-dealkylation sites (tertiary alicyclic amines) is 1. The summed E-state index contributed by atoms with van der Waals surface area (Å²) >= 11 is 0. The largest absolute Gasteiger partial charge is 0.467 e. The van der Waals surface area contributed by atoms with E-state index in [2.05, 4.69) is 10.2 Å². The molecule has 1 aromatic rings. The van der Waals surface area contributed by atoms with E-state index in [4.69, 9.17) is 4.42 Å². The van der Waals surface area contributed by atoms with Gasteiger partial charge in [-0.05, 0) is 56.8 Å². The number of hydrogen-bond donors (Lipinski definition) is 1. The summed E-state index contributed by atoms with van der Waals surface area (Å²) in [5.41, 5.74) is 0. The van der Waals surface area contributed by atoms with Crippen molar-refractivity contribution in [1.82, 2.24) is 15.1 Å². The standard InChI is InChI=1S/C20H29N3O3/c24-19-11-16(13-23(19)14-17-6-4-10-26-17)20(25)21-12-15-5-3-9-22-8-2-1-7-18(15)22/h4,6,10,15-16,18H,1-3,5,7-9,11-14H2,(H,21,25)/t15-,16+,18-/m0/s1. The fourth-order valence-corrected chi connectivity index (χ4v) is 4.88. The number of nitrogens with one attached hydrogen (secondary N) is 1. The van der Waals surface area contributed by atoms with Crippen LogP contribution < -0.4 is 5.32 Å². The predicted molar refractivity (Wildman–Crippen MR) is 97.2 cm³/mol. The van der Waals surface area contributed by atoms with Crippen molar-refractivity contribution in [3.05, 3.63) is 24.2 Å². The molecule has 0 aliphatic carbocycles. The molecule has 0 unspecified atom stereocenters. The summed E-state index contributed by atoms with van der Waals surface area (Å²) in [5, 5.41) is 3.16. The van der Waals surface area contributed by atoms with Crippen LogP contribution >= 0.6 is 0 Å². The Hall–Kier alpha value is -1.82. The average Bonchev–Trinajstić information content (AvgIpc) is 3.30. The molecular formula is C20H29N3O3. The fourth-order valence-electron chi connectivity index (χ4n) is 4.88. The van der Waals surface area contributed by atoms with E-state index in [0.29, 0.717) is 31.5 Å². The third-order valence-electron chi connectivity index (χ3n) is 6.28. The van der Waals surface area contributed by atoms with Crippen molar-refractivity contribution >= 4 is 11.8 Å². The first-order valence-electron chi connectivity index (χ1n) is 10.0. The second-order valence-electron chi connectivity index (χ2n) is 8.00. The number of amides is 2. The maximum absolute atomic E-state index is 12.6. The molecule has 0 saturated carbocycles. The number of carbonyl (C=O) groups excluding carboxylic acids is 2. The van der Waals surface area contributed by atoms with Gasteiger partial charge in [0.05, 0.1) is 18.7 Å². The van der Waals surface area contributed by atoms with Crippen molar-refractivity contribution in [2.75, 3.05) is 26.2 Å². The first-order valence-corrected chi connectivity index (χ1v) is 10.0. The van der Waals surface area contributed by atoms with Crippen LogP contribution in [0, 0.1) is 11.8 Å². The summed E-state index contributed by atoms with van der Waals surface area (Å²) in [5.74, 6) is 1.16. The number of fused-ring (bicyclic) bond motifs is 1. The van der Waals surface area contributed by atoms with E-state index >= 15 is 0 Å². The van der Waals surface area contributed by atoms with E-state index in [1.165, 1.54) is 45.2 Å². The lowest BCUT2D eigenvalue weighted by Gasteiger charge is -2.44. The van der Waals surface area contributed by atoms with Crippen LogP contribution in [0.4, 0.5) is 0 Å². The Bertz CT molecular complexity index is 628. The smallest absolute Gasteiger partial charge is 0.225 e. The van der Waals surface area contributed by atoms with Crippen LogP contribution in [-0.4, -0.2) is 53.8 Å². The van der Waals surface area contributed by atoms with Gasteiger partial charge < -0.3 is 19.5 Å². The van der Waals surface area contributed by atoms with Crippen molar-refractivity contribution < 1.29 is 14.0 Å². The first-order chi connectivity index (χ1) is 12.7. The summed E-state index contributed by atoms with van der Waals surface area (Å²) in [6.45, 7) is 4.13. The van der Waals surface area contributed by atoms with Crippen LogP contribution in [0.25, 0.3) is 0 Å². The summed E-state index contributed by atoms with van der Waals surface area (Å²) in [4.78, 5) is 29.2. The van der Waals surface area contributed by atoms with Gasteiger partial charge in [0.15, 0.2) is 0 Å². The fraction of sp³-hybridized carbons (Fsp3) is 0.700. The molecule has 6 nitrogen and oxygen atoms in total. The van der Waals surface area contributed by atoms with Gasteiger partial charge in [-0.25, -0.2) is 0 Å². The minimum Gasteiger partial charge on any atom is -0.467 e. The molecule has 1 aromatic heterocycles. The van der Waals surface area contributed by atoms with Crippen LogP contribution in [0.15, 0.2) is 22.8 Å². The zero-order chi connectivity index (χ0) is 17.9. The molecule has 3 fully saturated rings. The van der Waals surface area contributed by atoms with Gasteiger partial charge in [0.1, 0.15) is 5.76 Å². The first kappa shape index (κ1) is 17.6. The van der Waals surface area contributed by atoms with E-state index in [9.17, 15) is 9.59 Å². The van der Waals surface area contributed by atoms with E-state index < -0.39 is 0 Å². The number of nitrogens with zero attached hydrogens (tertiary/aromatic N) is 2. The molecule has 3 aliphatic rings. The third-order valence-corrected chi connectivity index (χ3v) is 6.28. The molecular weight excluding hydrogens is 330 g/mol. The molecule has 4 rings (SSSR count). The normalized spacial score (nSPS) is 29.6. The third kappa shape index (κ3) is 3.80. The van der Waals surface area contributed by atoms with Gasteiger partial charge in [0.2, 0.25) is 11.8 Å². The minimum absolute atomic E-state index is 0.0354. The van der Waals surface area contributed by atoms with E-state index in [-0.39, 0.29) is 17.7 Å². The second-order valence-corrected chi connectivity index (χ2v) is 8.00. The van der Waals surface area contributed by atoms with Gasteiger partial charge >= 0.3 is 0 Å². The molecule has 0 radical (unpaired) electrons. The highest BCUT2D eigenvalue weighted by atomic mass is 16.3. The SMILES string of the molecule is O=C(NC[C@@H]1CCCN2CCCC[C@@H]12)[C@@H]1CC(=O)N(Cc2ccco2)C1. The molecule has 0 bridgehead atoms. The van der Waals surface area contributed by atoms with Crippen molar-refractivity contribution in [1.29, 1.82) is 0 Å². The maximum Gasteiger partial charge on any atom is 0.225 e. The topological polar surface area (TPSA) is 65.8 Å². The number of rotatable bonds is 5. The lowest BCUT2D eigenvalue weighted by molar-refractivity contribution is -0.129. The molecule has 142 valence electrons. The zero-order valence-corrected chi connectivity index (χ0v) is 15.4. The average molecular weight is 359 g/mol. The Morgan fingerprint density at radius 3 is 2.96 bits per heavy atom. The van der Waals surface area contributed by atoms with Gasteiger partial charge in [0.25, 0.3) is 0 Å². The van der Waals surface area contributed by atoms with Crippen LogP contribution in [0.5, 0.6) is 0 Å². The molecule has 3 aliphatic heterocycles. The molecule has 1 N–H and O–H groups in total. The highest BCUT2D eigenvalue weighted by molar-refractivity contribution is 5.89. The molecule has 2 amide bonds. The maximum atomic E-state index is 12.6. The zero-order valence-electron chi connectivity index (χ0n) is 15.4. The Morgan fingerprint density at radius 1 is 1.23 bits per heavy atom. The van der Waals surface area contributed by atoms with Gasteiger partial charge in [0, 0.05) is 25.6 Å². The van der Waals surface area contributed by atoms with Crippen LogP contribution in [0.1, 0.15) is 44.3 Å². The monoisotopic (exact) mass is 359 g/mol. The van der Waals surface area contributed by atoms with Crippen molar-refractivity contribution in [2.45, 2.75) is 51.1 Å².